The van der Waals surface area contributed by atoms with E-state index in [-0.39, 0.29) is 34.8 Å². The van der Waals surface area contributed by atoms with Crippen LogP contribution in [0, 0.1) is 10.8 Å². The number of carboxylic acids is 1. The molecule has 8 nitrogen and oxygen atoms in total. The summed E-state index contributed by atoms with van der Waals surface area (Å²) < 4.78 is 50.0. The van der Waals surface area contributed by atoms with E-state index in [1.165, 1.54) is 24.3 Å². The second-order valence-corrected chi connectivity index (χ2v) is 12.7. The van der Waals surface area contributed by atoms with Gasteiger partial charge in [0.2, 0.25) is 0 Å². The fourth-order valence-corrected chi connectivity index (χ4v) is 6.78. The maximum absolute atomic E-state index is 13.2. The first-order chi connectivity index (χ1) is 16.3. The molecule has 0 saturated heterocycles. The van der Waals surface area contributed by atoms with Gasteiger partial charge in [-0.25, -0.2) is 17.6 Å². The standard InChI is InChI=1S/C25H34FNO7S/c1-23(2,3)34-22(30)27-15-18(14-26)16-33-19-4-6-20(7-5-19)35(31,32)17-24-8-11-25(12-9-24,13-10-24)21(28)29/h4-7,14H,8-13,15-17H2,1-3H3,(H,27,30)(H,28,29)/b18-14+. The van der Waals surface area contributed by atoms with E-state index in [4.69, 9.17) is 9.47 Å². The number of rotatable bonds is 9. The monoisotopic (exact) mass is 511 g/mol. The number of halogens is 1. The number of alkyl carbamates (subject to hydrolysis) is 1. The first-order valence-corrected chi connectivity index (χ1v) is 13.4. The normalized spacial score (nSPS) is 24.6. The molecule has 10 heteroatoms. The van der Waals surface area contributed by atoms with Gasteiger partial charge in [0, 0.05) is 12.1 Å². The maximum Gasteiger partial charge on any atom is 0.407 e. The molecule has 194 valence electrons. The van der Waals surface area contributed by atoms with Gasteiger partial charge in [-0.2, -0.15) is 0 Å². The Balaban J connectivity index is 1.54. The Hall–Kier alpha value is -2.62. The van der Waals surface area contributed by atoms with Gasteiger partial charge >= 0.3 is 12.1 Å². The third-order valence-electron chi connectivity index (χ3n) is 6.97. The molecule has 3 fully saturated rings. The predicted octanol–water partition coefficient (Wildman–Crippen LogP) is 4.64. The van der Waals surface area contributed by atoms with Crippen LogP contribution in [0.4, 0.5) is 9.18 Å². The minimum Gasteiger partial charge on any atom is -0.489 e. The highest BCUT2D eigenvalue weighted by Gasteiger charge is 2.53. The van der Waals surface area contributed by atoms with Crippen LogP contribution in [0.3, 0.4) is 0 Å². The number of carboxylic acid groups (broad SMARTS) is 1. The van der Waals surface area contributed by atoms with Crippen molar-refractivity contribution in [3.05, 3.63) is 36.2 Å². The van der Waals surface area contributed by atoms with Crippen molar-refractivity contribution >= 4 is 21.9 Å². The number of sulfone groups is 1. The largest absolute Gasteiger partial charge is 0.489 e. The van der Waals surface area contributed by atoms with Crippen LogP contribution in [0.1, 0.15) is 59.3 Å². The van der Waals surface area contributed by atoms with E-state index in [1.807, 2.05) is 0 Å². The zero-order valence-electron chi connectivity index (χ0n) is 20.4. The summed E-state index contributed by atoms with van der Waals surface area (Å²) in [6.45, 7) is 4.94. The Morgan fingerprint density at radius 1 is 1.09 bits per heavy atom. The molecule has 0 aromatic heterocycles. The quantitative estimate of drug-likeness (QED) is 0.496. The number of carbonyl (C=O) groups is 2. The molecule has 0 heterocycles. The van der Waals surface area contributed by atoms with Crippen molar-refractivity contribution in [1.82, 2.24) is 5.32 Å². The third kappa shape index (κ3) is 6.74. The van der Waals surface area contributed by atoms with Gasteiger partial charge in [-0.05, 0) is 89.0 Å². The Morgan fingerprint density at radius 3 is 2.14 bits per heavy atom. The molecule has 4 rings (SSSR count). The second kappa shape index (κ2) is 10.2. The van der Waals surface area contributed by atoms with Crippen molar-refractivity contribution in [3.63, 3.8) is 0 Å². The summed E-state index contributed by atoms with van der Waals surface area (Å²) in [4.78, 5) is 23.5. The average molecular weight is 512 g/mol. The average Bonchev–Trinajstić information content (AvgIpc) is 2.79. The SMILES string of the molecule is CC(C)(C)OC(=O)NC/C(=C\F)COc1ccc(S(=O)(=O)CC23CCC(C(=O)O)(CC2)CC3)cc1. The van der Waals surface area contributed by atoms with Crippen molar-refractivity contribution in [2.45, 2.75) is 69.8 Å². The molecule has 0 radical (unpaired) electrons. The molecule has 3 saturated carbocycles. The lowest BCUT2D eigenvalue weighted by Gasteiger charge is -2.51. The molecule has 35 heavy (non-hydrogen) atoms. The Morgan fingerprint density at radius 2 is 1.66 bits per heavy atom. The second-order valence-electron chi connectivity index (χ2n) is 10.7. The van der Waals surface area contributed by atoms with Crippen LogP contribution >= 0.6 is 0 Å². The van der Waals surface area contributed by atoms with Crippen LogP contribution in [0.15, 0.2) is 41.1 Å². The summed E-state index contributed by atoms with van der Waals surface area (Å²) in [7, 11) is -3.57. The molecule has 3 aliphatic rings. The van der Waals surface area contributed by atoms with Gasteiger partial charge in [0.05, 0.1) is 22.4 Å². The third-order valence-corrected chi connectivity index (χ3v) is 8.95. The van der Waals surface area contributed by atoms with E-state index in [1.54, 1.807) is 20.8 Å². The molecular formula is C25H34FNO7S. The smallest absolute Gasteiger partial charge is 0.407 e. The highest BCUT2D eigenvalue weighted by atomic mass is 32.2. The number of hydrogen-bond donors (Lipinski definition) is 2. The fourth-order valence-electron chi connectivity index (χ4n) is 4.83. The molecule has 1 aromatic carbocycles. The summed E-state index contributed by atoms with van der Waals surface area (Å²) in [6, 6.07) is 5.95. The number of hydrogen-bond acceptors (Lipinski definition) is 6. The molecule has 2 bridgehead atoms. The van der Waals surface area contributed by atoms with Crippen LogP contribution in [0.5, 0.6) is 5.75 Å². The van der Waals surface area contributed by atoms with Gasteiger partial charge < -0.3 is 19.9 Å². The molecule has 0 unspecified atom stereocenters. The maximum atomic E-state index is 13.2. The molecular weight excluding hydrogens is 477 g/mol. The zero-order valence-corrected chi connectivity index (χ0v) is 21.3. The van der Waals surface area contributed by atoms with Gasteiger partial charge in [0.1, 0.15) is 18.0 Å². The molecule has 0 atom stereocenters. The Bertz CT molecular complexity index is 1050. The Kier molecular flexibility index (Phi) is 7.83. The highest BCUT2D eigenvalue weighted by Crippen LogP contribution is 2.57. The van der Waals surface area contributed by atoms with Crippen molar-refractivity contribution in [3.8, 4) is 5.75 Å². The van der Waals surface area contributed by atoms with Crippen LogP contribution < -0.4 is 10.1 Å². The number of benzene rings is 1. The van der Waals surface area contributed by atoms with E-state index in [9.17, 15) is 27.5 Å². The molecule has 1 aromatic rings. The fraction of sp³-hybridized carbons (Fsp3) is 0.600. The Labute approximate surface area is 205 Å². The van der Waals surface area contributed by atoms with Gasteiger partial charge in [-0.1, -0.05) is 0 Å². The number of carbonyl (C=O) groups excluding carboxylic acids is 1. The van der Waals surface area contributed by atoms with Crippen molar-refractivity contribution in [1.29, 1.82) is 0 Å². The minimum absolute atomic E-state index is 0.000967. The van der Waals surface area contributed by atoms with E-state index in [0.29, 0.717) is 50.6 Å². The number of aliphatic carboxylic acids is 1. The molecule has 3 aliphatic carbocycles. The zero-order chi connectivity index (χ0) is 25.9. The van der Waals surface area contributed by atoms with Crippen LogP contribution in [-0.4, -0.2) is 50.1 Å². The lowest BCUT2D eigenvalue weighted by molar-refractivity contribution is -0.158. The van der Waals surface area contributed by atoms with Crippen molar-refractivity contribution in [2.75, 3.05) is 18.9 Å². The topological polar surface area (TPSA) is 119 Å². The minimum atomic E-state index is -3.57. The van der Waals surface area contributed by atoms with Crippen molar-refractivity contribution < 1.29 is 37.0 Å². The van der Waals surface area contributed by atoms with E-state index >= 15 is 0 Å². The highest BCUT2D eigenvalue weighted by molar-refractivity contribution is 7.91. The van der Waals surface area contributed by atoms with Crippen LogP contribution in [0.25, 0.3) is 0 Å². The molecule has 2 N–H and O–H groups in total. The summed E-state index contributed by atoms with van der Waals surface area (Å²) in [5, 5.41) is 12.0. The molecule has 1 amide bonds. The molecule has 0 aliphatic heterocycles. The van der Waals surface area contributed by atoms with Crippen molar-refractivity contribution in [2.24, 2.45) is 10.8 Å². The van der Waals surface area contributed by atoms with Gasteiger partial charge in [-0.15, -0.1) is 0 Å². The first kappa shape index (κ1) is 27.0. The summed E-state index contributed by atoms with van der Waals surface area (Å²) in [5.41, 5.74) is -1.54. The van der Waals surface area contributed by atoms with E-state index in [2.05, 4.69) is 5.32 Å². The van der Waals surface area contributed by atoms with E-state index < -0.39 is 32.9 Å². The summed E-state index contributed by atoms with van der Waals surface area (Å²) in [6.07, 6.45) is 3.08. The van der Waals surface area contributed by atoms with Crippen LogP contribution in [0.2, 0.25) is 0 Å². The number of amides is 1. The number of fused-ring (bicyclic) bond motifs is 3. The van der Waals surface area contributed by atoms with Gasteiger partial charge in [0.25, 0.3) is 0 Å². The number of ether oxygens (including phenoxy) is 2. The van der Waals surface area contributed by atoms with Gasteiger partial charge in [-0.3, -0.25) is 4.79 Å². The predicted molar refractivity (Wildman–Crippen MR) is 128 cm³/mol. The lowest BCUT2D eigenvalue weighted by Crippen LogP contribution is -2.48. The van der Waals surface area contributed by atoms with Crippen LogP contribution in [-0.2, 0) is 19.4 Å². The molecule has 0 spiro atoms. The first-order valence-electron chi connectivity index (χ1n) is 11.7. The lowest BCUT2D eigenvalue weighted by atomic mass is 9.54. The number of nitrogens with one attached hydrogen (secondary N) is 1. The van der Waals surface area contributed by atoms with Gasteiger partial charge in [0.15, 0.2) is 9.84 Å². The van der Waals surface area contributed by atoms with E-state index in [0.717, 1.165) is 0 Å². The summed E-state index contributed by atoms with van der Waals surface area (Å²) >= 11 is 0. The summed E-state index contributed by atoms with van der Waals surface area (Å²) in [5.74, 6) is -0.406.